The van der Waals surface area contributed by atoms with Crippen LogP contribution in [0.25, 0.3) is 11.1 Å². The van der Waals surface area contributed by atoms with Gasteiger partial charge in [0.1, 0.15) is 0 Å². The Kier molecular flexibility index (Phi) is 3.79. The van der Waals surface area contributed by atoms with E-state index < -0.39 is 0 Å². The molecule has 18 heavy (non-hydrogen) atoms. The van der Waals surface area contributed by atoms with Gasteiger partial charge in [0, 0.05) is 0 Å². The second kappa shape index (κ2) is 5.51. The van der Waals surface area contributed by atoms with Crippen molar-refractivity contribution in [2.45, 2.75) is 26.7 Å². The largest absolute Gasteiger partial charge is 0.192 e. The van der Waals surface area contributed by atoms with Gasteiger partial charge in [-0.25, -0.2) is 0 Å². The van der Waals surface area contributed by atoms with Crippen molar-refractivity contribution in [1.29, 1.82) is 5.26 Å². The molecule has 2 rings (SSSR count). The van der Waals surface area contributed by atoms with Crippen molar-refractivity contribution in [3.63, 3.8) is 0 Å². The van der Waals surface area contributed by atoms with Crippen molar-refractivity contribution < 1.29 is 0 Å². The van der Waals surface area contributed by atoms with Crippen molar-refractivity contribution in [1.82, 2.24) is 0 Å². The molecular weight excluding hydrogens is 218 g/mol. The number of nitrogens with zero attached hydrogens (tertiary/aromatic N) is 1. The van der Waals surface area contributed by atoms with E-state index in [0.29, 0.717) is 5.56 Å². The molecule has 0 spiro atoms. The van der Waals surface area contributed by atoms with Crippen molar-refractivity contribution in [3.8, 4) is 17.2 Å². The predicted molar refractivity (Wildman–Crippen MR) is 75.3 cm³/mol. The summed E-state index contributed by atoms with van der Waals surface area (Å²) >= 11 is 0. The lowest BCUT2D eigenvalue weighted by Gasteiger charge is -2.08. The zero-order valence-electron chi connectivity index (χ0n) is 10.9. The molecule has 0 N–H and O–H groups in total. The van der Waals surface area contributed by atoms with E-state index in [1.165, 1.54) is 28.7 Å². The molecule has 0 atom stereocenters. The van der Waals surface area contributed by atoms with Gasteiger partial charge in [0.25, 0.3) is 0 Å². The van der Waals surface area contributed by atoms with Crippen LogP contribution >= 0.6 is 0 Å². The van der Waals surface area contributed by atoms with Crippen LogP contribution in [0.4, 0.5) is 0 Å². The molecule has 0 aliphatic rings. The van der Waals surface area contributed by atoms with Crippen molar-refractivity contribution >= 4 is 0 Å². The van der Waals surface area contributed by atoms with Crippen molar-refractivity contribution in [3.05, 3.63) is 59.2 Å². The van der Waals surface area contributed by atoms with Crippen LogP contribution < -0.4 is 0 Å². The fraction of sp³-hybridized carbons (Fsp3) is 0.235. The molecule has 1 heteroatoms. The van der Waals surface area contributed by atoms with Gasteiger partial charge in [0.2, 0.25) is 0 Å². The summed E-state index contributed by atoms with van der Waals surface area (Å²) in [5.74, 6) is 0. The molecule has 2 aromatic carbocycles. The standard InChI is InChI=1S/C17H17N/c1-3-4-14-7-10-17(13(2)11-14)16-8-5-15(12-18)6-9-16/h5-11H,3-4H2,1-2H3. The van der Waals surface area contributed by atoms with Crippen LogP contribution in [0.3, 0.4) is 0 Å². The Morgan fingerprint density at radius 3 is 2.33 bits per heavy atom. The summed E-state index contributed by atoms with van der Waals surface area (Å²) in [4.78, 5) is 0. The first kappa shape index (κ1) is 12.4. The Morgan fingerprint density at radius 1 is 1.06 bits per heavy atom. The SMILES string of the molecule is CCCc1ccc(-c2ccc(C#N)cc2)c(C)c1. The van der Waals surface area contributed by atoms with E-state index in [1.54, 1.807) is 0 Å². The van der Waals surface area contributed by atoms with E-state index in [2.05, 4.69) is 38.1 Å². The molecule has 0 heterocycles. The highest BCUT2D eigenvalue weighted by atomic mass is 14.2. The summed E-state index contributed by atoms with van der Waals surface area (Å²) in [6, 6.07) is 16.6. The molecule has 0 radical (unpaired) electrons. The van der Waals surface area contributed by atoms with Gasteiger partial charge in [-0.05, 0) is 47.7 Å². The van der Waals surface area contributed by atoms with E-state index >= 15 is 0 Å². The first-order valence-electron chi connectivity index (χ1n) is 6.34. The van der Waals surface area contributed by atoms with Gasteiger partial charge in [-0.3, -0.25) is 0 Å². The minimum Gasteiger partial charge on any atom is -0.192 e. The lowest BCUT2D eigenvalue weighted by atomic mass is 9.96. The molecule has 0 saturated heterocycles. The fourth-order valence-corrected chi connectivity index (χ4v) is 2.22. The Morgan fingerprint density at radius 2 is 1.78 bits per heavy atom. The number of hydrogen-bond donors (Lipinski definition) is 0. The maximum Gasteiger partial charge on any atom is 0.0991 e. The van der Waals surface area contributed by atoms with Crippen LogP contribution in [0.5, 0.6) is 0 Å². The van der Waals surface area contributed by atoms with Crippen molar-refractivity contribution in [2.75, 3.05) is 0 Å². The Balaban J connectivity index is 2.35. The first-order valence-corrected chi connectivity index (χ1v) is 6.34. The van der Waals surface area contributed by atoms with Crippen molar-refractivity contribution in [2.24, 2.45) is 0 Å². The summed E-state index contributed by atoms with van der Waals surface area (Å²) in [5.41, 5.74) is 5.82. The summed E-state index contributed by atoms with van der Waals surface area (Å²) < 4.78 is 0. The monoisotopic (exact) mass is 235 g/mol. The lowest BCUT2D eigenvalue weighted by Crippen LogP contribution is -1.88. The molecule has 0 aromatic heterocycles. The molecule has 0 aliphatic carbocycles. The second-order valence-corrected chi connectivity index (χ2v) is 4.59. The van der Waals surface area contributed by atoms with Crippen LogP contribution in [0.15, 0.2) is 42.5 Å². The third kappa shape index (κ3) is 2.60. The highest BCUT2D eigenvalue weighted by molar-refractivity contribution is 5.68. The summed E-state index contributed by atoms with van der Waals surface area (Å²) in [6.07, 6.45) is 2.31. The molecule has 0 saturated carbocycles. The summed E-state index contributed by atoms with van der Waals surface area (Å²) in [6.45, 7) is 4.34. The molecule has 1 nitrogen and oxygen atoms in total. The summed E-state index contributed by atoms with van der Waals surface area (Å²) in [5, 5.41) is 8.80. The fourth-order valence-electron chi connectivity index (χ4n) is 2.22. The topological polar surface area (TPSA) is 23.8 Å². The van der Waals surface area contributed by atoms with E-state index in [4.69, 9.17) is 5.26 Å². The zero-order chi connectivity index (χ0) is 13.0. The molecule has 0 aliphatic heterocycles. The molecule has 0 bridgehead atoms. The van der Waals surface area contributed by atoms with Gasteiger partial charge in [0.15, 0.2) is 0 Å². The Hall–Kier alpha value is -2.07. The predicted octanol–water partition coefficient (Wildman–Crippen LogP) is 4.49. The molecule has 90 valence electrons. The zero-order valence-corrected chi connectivity index (χ0v) is 10.9. The Labute approximate surface area is 109 Å². The van der Waals surface area contributed by atoms with Crippen LogP contribution in [0.2, 0.25) is 0 Å². The number of rotatable bonds is 3. The third-order valence-electron chi connectivity index (χ3n) is 3.15. The van der Waals surface area contributed by atoms with Gasteiger partial charge in [-0.1, -0.05) is 43.7 Å². The number of nitriles is 1. The second-order valence-electron chi connectivity index (χ2n) is 4.59. The molecule has 0 fully saturated rings. The maximum atomic E-state index is 8.80. The van der Waals surface area contributed by atoms with Gasteiger partial charge in [0.05, 0.1) is 11.6 Å². The summed E-state index contributed by atoms with van der Waals surface area (Å²) in [7, 11) is 0. The van der Waals surface area contributed by atoms with Crippen LogP contribution in [0.1, 0.15) is 30.0 Å². The van der Waals surface area contributed by atoms with Crippen LogP contribution in [0, 0.1) is 18.3 Å². The highest BCUT2D eigenvalue weighted by Gasteiger charge is 2.03. The number of benzene rings is 2. The number of aryl methyl sites for hydroxylation is 2. The normalized spacial score (nSPS) is 10.1. The smallest absolute Gasteiger partial charge is 0.0991 e. The Bertz CT molecular complexity index is 574. The molecule has 0 unspecified atom stereocenters. The minimum absolute atomic E-state index is 0.707. The maximum absolute atomic E-state index is 8.80. The van der Waals surface area contributed by atoms with Gasteiger partial charge >= 0.3 is 0 Å². The molecule has 2 aromatic rings. The van der Waals surface area contributed by atoms with Gasteiger partial charge < -0.3 is 0 Å². The third-order valence-corrected chi connectivity index (χ3v) is 3.15. The van der Waals surface area contributed by atoms with E-state index in [1.807, 2.05) is 24.3 Å². The van der Waals surface area contributed by atoms with Gasteiger partial charge in [-0.15, -0.1) is 0 Å². The molecule has 0 amide bonds. The minimum atomic E-state index is 0.707. The van der Waals surface area contributed by atoms with E-state index in [0.717, 1.165) is 6.42 Å². The number of hydrogen-bond acceptors (Lipinski definition) is 1. The average Bonchev–Trinajstić information content (AvgIpc) is 2.40. The average molecular weight is 235 g/mol. The molecular formula is C17H17N. The van der Waals surface area contributed by atoms with E-state index in [-0.39, 0.29) is 0 Å². The highest BCUT2D eigenvalue weighted by Crippen LogP contribution is 2.25. The van der Waals surface area contributed by atoms with Crippen LogP contribution in [-0.2, 0) is 6.42 Å². The van der Waals surface area contributed by atoms with E-state index in [9.17, 15) is 0 Å². The first-order chi connectivity index (χ1) is 8.74. The van der Waals surface area contributed by atoms with Crippen LogP contribution in [-0.4, -0.2) is 0 Å². The lowest BCUT2D eigenvalue weighted by molar-refractivity contribution is 0.920. The quantitative estimate of drug-likeness (QED) is 0.769. The van der Waals surface area contributed by atoms with Gasteiger partial charge in [-0.2, -0.15) is 5.26 Å².